The zero-order chi connectivity index (χ0) is 34.6. The lowest BCUT2D eigenvalue weighted by Crippen LogP contribution is -2.44. The fourth-order valence-electron chi connectivity index (χ4n) is 5.86. The minimum absolute atomic E-state index is 0.0532. The van der Waals surface area contributed by atoms with Gasteiger partial charge in [0, 0.05) is 16.7 Å². The lowest BCUT2D eigenvalue weighted by molar-refractivity contribution is -0.598. The van der Waals surface area contributed by atoms with Crippen LogP contribution in [0.3, 0.4) is 0 Å². The summed E-state index contributed by atoms with van der Waals surface area (Å²) in [6.45, 7) is 1.93. The van der Waals surface area contributed by atoms with Crippen molar-refractivity contribution in [3.05, 3.63) is 126 Å². The third-order valence-electron chi connectivity index (χ3n) is 8.14. The molecule has 49 heavy (non-hydrogen) atoms. The first-order valence-corrected chi connectivity index (χ1v) is 15.8. The number of halogens is 6. The first-order valence-electron chi connectivity index (χ1n) is 14.8. The molecule has 0 aliphatic carbocycles. The third-order valence-corrected chi connectivity index (χ3v) is 9.32. The molecular formula is C34H25F6N6O2S+. The van der Waals surface area contributed by atoms with Crippen LogP contribution < -0.4 is 4.74 Å². The van der Waals surface area contributed by atoms with E-state index < -0.39 is 23.8 Å². The van der Waals surface area contributed by atoms with Crippen molar-refractivity contribution in [1.29, 1.82) is 0 Å². The molecule has 4 aromatic carbocycles. The number of hydrazone groups is 1. The van der Waals surface area contributed by atoms with Gasteiger partial charge in [0.2, 0.25) is 5.72 Å². The van der Waals surface area contributed by atoms with Crippen molar-refractivity contribution in [3.8, 4) is 22.8 Å². The van der Waals surface area contributed by atoms with E-state index in [1.165, 1.54) is 69.8 Å². The van der Waals surface area contributed by atoms with Gasteiger partial charge in [0.05, 0.1) is 23.2 Å². The molecule has 250 valence electrons. The number of para-hydroxylation sites is 1. The van der Waals surface area contributed by atoms with Gasteiger partial charge >= 0.3 is 17.7 Å². The molecule has 2 aliphatic rings. The van der Waals surface area contributed by atoms with Gasteiger partial charge in [0.15, 0.2) is 11.9 Å². The number of alkyl halides is 6. The Morgan fingerprint density at radius 3 is 2.35 bits per heavy atom. The second-order valence-electron chi connectivity index (χ2n) is 11.3. The van der Waals surface area contributed by atoms with Gasteiger partial charge in [-0.15, -0.1) is 23.3 Å². The fourth-order valence-corrected chi connectivity index (χ4v) is 7.19. The molecule has 5 aromatic rings. The van der Waals surface area contributed by atoms with E-state index in [-0.39, 0.29) is 23.1 Å². The molecule has 1 N–H and O–H groups in total. The Morgan fingerprint density at radius 1 is 0.939 bits per heavy atom. The Bertz CT molecular complexity index is 2080. The molecule has 2 aliphatic heterocycles. The van der Waals surface area contributed by atoms with E-state index in [4.69, 9.17) is 5.10 Å². The van der Waals surface area contributed by atoms with E-state index in [9.17, 15) is 31.4 Å². The lowest BCUT2D eigenvalue weighted by atomic mass is 9.95. The average molecular weight is 696 g/mol. The first-order chi connectivity index (χ1) is 23.3. The minimum Gasteiger partial charge on any atom is -0.406 e. The molecule has 0 bridgehead atoms. The Balaban J connectivity index is 1.16. The van der Waals surface area contributed by atoms with Gasteiger partial charge in [-0.3, -0.25) is 0 Å². The van der Waals surface area contributed by atoms with Crippen LogP contribution in [-0.4, -0.2) is 53.0 Å². The van der Waals surface area contributed by atoms with Gasteiger partial charge in [-0.1, -0.05) is 65.8 Å². The number of thioether (sulfide) groups is 1. The van der Waals surface area contributed by atoms with Gasteiger partial charge < -0.3 is 9.84 Å². The Kier molecular flexibility index (Phi) is 7.98. The van der Waals surface area contributed by atoms with Crippen LogP contribution in [0.15, 0.2) is 108 Å². The van der Waals surface area contributed by atoms with E-state index in [0.717, 1.165) is 11.6 Å². The Morgan fingerprint density at radius 2 is 1.63 bits per heavy atom. The highest BCUT2D eigenvalue weighted by atomic mass is 32.2. The lowest BCUT2D eigenvalue weighted by Gasteiger charge is -2.32. The number of nitrogens with zero attached hydrogens (tertiary/aromatic N) is 6. The normalized spacial score (nSPS) is 19.3. The van der Waals surface area contributed by atoms with Gasteiger partial charge in [-0.2, -0.15) is 17.7 Å². The highest BCUT2D eigenvalue weighted by Crippen LogP contribution is 2.49. The van der Waals surface area contributed by atoms with Crippen molar-refractivity contribution >= 4 is 28.8 Å². The van der Waals surface area contributed by atoms with Crippen molar-refractivity contribution < 1.29 is 40.8 Å². The maximum atomic E-state index is 14.1. The maximum Gasteiger partial charge on any atom is 0.573 e. The second kappa shape index (κ2) is 12.1. The predicted octanol–water partition coefficient (Wildman–Crippen LogP) is 7.85. The zero-order valence-corrected chi connectivity index (χ0v) is 26.2. The quantitative estimate of drug-likeness (QED) is 0.111. The van der Waals surface area contributed by atoms with Crippen molar-refractivity contribution in [3.63, 3.8) is 0 Å². The van der Waals surface area contributed by atoms with Crippen LogP contribution in [0.4, 0.5) is 32.0 Å². The summed E-state index contributed by atoms with van der Waals surface area (Å²) in [7, 11) is 0. The van der Waals surface area contributed by atoms with Gasteiger partial charge in [-0.25, -0.2) is 9.67 Å². The van der Waals surface area contributed by atoms with Crippen LogP contribution in [0.25, 0.3) is 17.1 Å². The fraction of sp³-hybridized carbons (Fsp3) is 0.176. The maximum absolute atomic E-state index is 14.1. The van der Waals surface area contributed by atoms with E-state index in [0.29, 0.717) is 33.5 Å². The van der Waals surface area contributed by atoms with Crippen LogP contribution in [0.1, 0.15) is 35.2 Å². The Labute approximate surface area is 279 Å². The molecule has 8 nitrogen and oxygen atoms in total. The summed E-state index contributed by atoms with van der Waals surface area (Å²) in [4.78, 5) is 4.31. The van der Waals surface area contributed by atoms with Crippen LogP contribution >= 0.6 is 11.8 Å². The number of amidine groups is 1. The van der Waals surface area contributed by atoms with Crippen LogP contribution in [0.5, 0.6) is 5.75 Å². The molecule has 3 heterocycles. The van der Waals surface area contributed by atoms with Crippen molar-refractivity contribution in [1.82, 2.24) is 19.8 Å². The number of hydrogen-bond acceptors (Lipinski definition) is 7. The zero-order valence-electron chi connectivity index (χ0n) is 25.4. The van der Waals surface area contributed by atoms with Crippen LogP contribution in [-0.2, 0) is 11.9 Å². The predicted molar refractivity (Wildman–Crippen MR) is 170 cm³/mol. The smallest absolute Gasteiger partial charge is 0.406 e. The van der Waals surface area contributed by atoms with Gasteiger partial charge in [0.25, 0.3) is 0 Å². The molecule has 1 aromatic heterocycles. The largest absolute Gasteiger partial charge is 0.573 e. The summed E-state index contributed by atoms with van der Waals surface area (Å²) in [6, 6.07) is 24.4. The van der Waals surface area contributed by atoms with Crippen LogP contribution in [0, 0.1) is 0 Å². The standard InChI is InChI=1S/C34H25F6N6O2S/c1-21-26-6-2-5-9-29(26)45-31(49-19-32(45,47)27-7-3-4-8-28(27)33(35,36)37)46(21)42-18-22-10-12-23(13-11-22)30-41-20-44(43-30)24-14-16-25(17-15-24)48-34(38,39)40/h2-18,20-21,47H,19H2,1H3/q+1. The van der Waals surface area contributed by atoms with E-state index >= 15 is 0 Å². The molecule has 0 fully saturated rings. The summed E-state index contributed by atoms with van der Waals surface area (Å²) in [6.07, 6.45) is -6.39. The van der Waals surface area contributed by atoms with Crippen molar-refractivity contribution in [2.45, 2.75) is 31.2 Å². The molecule has 0 radical (unpaired) electrons. The molecule has 0 saturated heterocycles. The van der Waals surface area contributed by atoms with Gasteiger partial charge in [-0.05, 0) is 60.6 Å². The van der Waals surface area contributed by atoms with Crippen molar-refractivity contribution in [2.24, 2.45) is 5.10 Å². The number of aliphatic hydroxyl groups is 1. The molecular weight excluding hydrogens is 670 g/mol. The number of rotatable bonds is 6. The van der Waals surface area contributed by atoms with Crippen LogP contribution in [0.2, 0.25) is 0 Å². The number of ether oxygens (including phenoxy) is 1. The molecule has 0 saturated carbocycles. The SMILES string of the molecule is CC1c2ccccc2[N+]2=C(SCC2(O)c2ccccc2C(F)(F)F)N1N=Cc1ccc(-c2ncn(-c3ccc(OC(F)(F)F)cc3)n2)cc1. The number of fused-ring (bicyclic) bond motifs is 2. The Hall–Kier alpha value is -5.15. The summed E-state index contributed by atoms with van der Waals surface area (Å²) in [5, 5.41) is 23.4. The average Bonchev–Trinajstić information content (AvgIpc) is 3.70. The molecule has 15 heteroatoms. The highest BCUT2D eigenvalue weighted by Gasteiger charge is 2.56. The molecule has 2 atom stereocenters. The topological polar surface area (TPSA) is 78.8 Å². The van der Waals surface area contributed by atoms with E-state index in [1.807, 2.05) is 19.1 Å². The second-order valence-corrected chi connectivity index (χ2v) is 12.2. The van der Waals surface area contributed by atoms with E-state index in [1.54, 1.807) is 47.6 Å². The number of aromatic nitrogens is 3. The van der Waals surface area contributed by atoms with E-state index in [2.05, 4.69) is 14.8 Å². The van der Waals surface area contributed by atoms with Gasteiger partial charge in [0.1, 0.15) is 17.8 Å². The summed E-state index contributed by atoms with van der Waals surface area (Å²) in [5.41, 5.74) is 0.120. The summed E-state index contributed by atoms with van der Waals surface area (Å²) < 4.78 is 86.6. The highest BCUT2D eigenvalue weighted by molar-refractivity contribution is 8.13. The first kappa shape index (κ1) is 32.4. The summed E-state index contributed by atoms with van der Waals surface area (Å²) in [5.74, 6) is -0.0214. The monoisotopic (exact) mass is 695 g/mol. The van der Waals surface area contributed by atoms with Crippen molar-refractivity contribution in [2.75, 3.05) is 5.75 Å². The summed E-state index contributed by atoms with van der Waals surface area (Å²) >= 11 is 1.22. The number of hydrogen-bond donors (Lipinski definition) is 1. The molecule has 0 amide bonds. The molecule has 0 spiro atoms. The number of benzene rings is 4. The molecule has 7 rings (SSSR count). The third kappa shape index (κ3) is 6.15. The minimum atomic E-state index is -4.79. The molecule has 2 unspecified atom stereocenters.